The molecule has 0 saturated carbocycles. The van der Waals surface area contributed by atoms with Crippen LogP contribution in [0, 0.1) is 0 Å². The molecule has 21 heavy (non-hydrogen) atoms. The van der Waals surface area contributed by atoms with Crippen LogP contribution in [-0.2, 0) is 6.42 Å². The van der Waals surface area contributed by atoms with Gasteiger partial charge in [0.05, 0.1) is 6.04 Å². The molecule has 0 aliphatic carbocycles. The number of hydrogen-bond acceptors (Lipinski definition) is 2. The summed E-state index contributed by atoms with van der Waals surface area (Å²) < 4.78 is 5.96. The van der Waals surface area contributed by atoms with E-state index in [1.165, 1.54) is 16.7 Å². The lowest BCUT2D eigenvalue weighted by atomic mass is 9.98. The summed E-state index contributed by atoms with van der Waals surface area (Å²) in [4.78, 5) is 0. The van der Waals surface area contributed by atoms with E-state index in [1.54, 1.807) is 0 Å². The summed E-state index contributed by atoms with van der Waals surface area (Å²) >= 11 is 0. The zero-order valence-corrected chi connectivity index (χ0v) is 12.8. The molecule has 0 spiro atoms. The Bertz CT molecular complexity index is 594. The number of fused-ring (bicyclic) bond motifs is 1. The Labute approximate surface area is 127 Å². The second-order valence-corrected chi connectivity index (χ2v) is 5.79. The first-order chi connectivity index (χ1) is 10.3. The van der Waals surface area contributed by atoms with Gasteiger partial charge in [-0.25, -0.2) is 0 Å². The Morgan fingerprint density at radius 3 is 2.62 bits per heavy atom. The highest BCUT2D eigenvalue weighted by Crippen LogP contribution is 2.37. The fourth-order valence-corrected chi connectivity index (χ4v) is 2.99. The van der Waals surface area contributed by atoms with Crippen LogP contribution in [0.2, 0.25) is 0 Å². The van der Waals surface area contributed by atoms with Crippen LogP contribution in [0.4, 0.5) is 0 Å². The number of hydrogen-bond donors (Lipinski definition) is 1. The maximum Gasteiger partial charge on any atom is 0.124 e. The Morgan fingerprint density at radius 2 is 1.86 bits per heavy atom. The van der Waals surface area contributed by atoms with E-state index in [0.29, 0.717) is 6.04 Å². The molecule has 2 nitrogen and oxygen atoms in total. The third-order valence-electron chi connectivity index (χ3n) is 4.06. The van der Waals surface area contributed by atoms with Crippen LogP contribution in [0.3, 0.4) is 0 Å². The third kappa shape index (κ3) is 3.11. The van der Waals surface area contributed by atoms with E-state index in [9.17, 15) is 0 Å². The normalized spacial score (nSPS) is 20.1. The molecular formula is C19H23NO. The quantitative estimate of drug-likeness (QED) is 0.891. The van der Waals surface area contributed by atoms with Crippen molar-refractivity contribution >= 4 is 0 Å². The van der Waals surface area contributed by atoms with Gasteiger partial charge in [0.2, 0.25) is 0 Å². The minimum absolute atomic E-state index is 0.207. The molecule has 0 aromatic heterocycles. The van der Waals surface area contributed by atoms with Crippen LogP contribution in [-0.4, -0.2) is 12.6 Å². The highest BCUT2D eigenvalue weighted by atomic mass is 16.5. The van der Waals surface area contributed by atoms with Crippen LogP contribution >= 0.6 is 0 Å². The second kappa shape index (κ2) is 6.31. The summed E-state index contributed by atoms with van der Waals surface area (Å²) in [6.07, 6.45) is 2.32. The minimum atomic E-state index is 0.207. The van der Waals surface area contributed by atoms with Crippen molar-refractivity contribution in [2.75, 3.05) is 6.54 Å². The molecule has 0 fully saturated rings. The highest BCUT2D eigenvalue weighted by Gasteiger charge is 2.30. The van der Waals surface area contributed by atoms with E-state index in [4.69, 9.17) is 4.74 Å². The SMILES string of the molecule is CCCNC1c2cc(Cc3ccccc3)ccc2OC1C. The predicted molar refractivity (Wildman–Crippen MR) is 86.8 cm³/mol. The molecule has 2 aromatic carbocycles. The Balaban J connectivity index is 1.82. The molecule has 3 rings (SSSR count). The minimum Gasteiger partial charge on any atom is -0.488 e. The Hall–Kier alpha value is -1.80. The van der Waals surface area contributed by atoms with Crippen LogP contribution in [0.1, 0.15) is 43.0 Å². The maximum atomic E-state index is 5.96. The van der Waals surface area contributed by atoms with Crippen molar-refractivity contribution in [1.82, 2.24) is 5.32 Å². The van der Waals surface area contributed by atoms with Gasteiger partial charge in [0.25, 0.3) is 0 Å². The third-order valence-corrected chi connectivity index (χ3v) is 4.06. The fraction of sp³-hybridized carbons (Fsp3) is 0.368. The summed E-state index contributed by atoms with van der Waals surface area (Å²) in [5.41, 5.74) is 4.01. The number of rotatable bonds is 5. The van der Waals surface area contributed by atoms with Gasteiger partial charge in [0.1, 0.15) is 11.9 Å². The fourth-order valence-electron chi connectivity index (χ4n) is 2.99. The topological polar surface area (TPSA) is 21.3 Å². The first-order valence-corrected chi connectivity index (χ1v) is 7.84. The van der Waals surface area contributed by atoms with Gasteiger partial charge >= 0.3 is 0 Å². The van der Waals surface area contributed by atoms with E-state index < -0.39 is 0 Å². The molecular weight excluding hydrogens is 258 g/mol. The Kier molecular flexibility index (Phi) is 4.26. The molecule has 1 N–H and O–H groups in total. The zero-order valence-electron chi connectivity index (χ0n) is 12.8. The van der Waals surface area contributed by atoms with Crippen molar-refractivity contribution < 1.29 is 4.74 Å². The summed E-state index contributed by atoms with van der Waals surface area (Å²) in [6.45, 7) is 5.37. The molecule has 2 aromatic rings. The molecule has 0 saturated heterocycles. The van der Waals surface area contributed by atoms with Crippen LogP contribution in [0.15, 0.2) is 48.5 Å². The van der Waals surface area contributed by atoms with Crippen LogP contribution in [0.5, 0.6) is 5.75 Å². The predicted octanol–water partition coefficient (Wildman–Crippen LogP) is 4.10. The number of benzene rings is 2. The zero-order chi connectivity index (χ0) is 14.7. The van der Waals surface area contributed by atoms with Gasteiger partial charge in [-0.15, -0.1) is 0 Å². The average Bonchev–Trinajstić information content (AvgIpc) is 2.81. The van der Waals surface area contributed by atoms with E-state index in [1.807, 2.05) is 0 Å². The molecule has 0 bridgehead atoms. The maximum absolute atomic E-state index is 5.96. The van der Waals surface area contributed by atoms with Crippen LogP contribution < -0.4 is 10.1 Å². The van der Waals surface area contributed by atoms with Gasteiger partial charge in [-0.2, -0.15) is 0 Å². The molecule has 1 heterocycles. The smallest absolute Gasteiger partial charge is 0.124 e. The molecule has 0 radical (unpaired) electrons. The molecule has 2 unspecified atom stereocenters. The lowest BCUT2D eigenvalue weighted by Crippen LogP contribution is -2.29. The standard InChI is InChI=1S/C19H23NO/c1-3-11-20-19-14(2)21-18-10-9-16(13-17(18)19)12-15-7-5-4-6-8-15/h4-10,13-14,19-20H,3,11-12H2,1-2H3. The van der Waals surface area contributed by atoms with Crippen molar-refractivity contribution in [3.05, 3.63) is 65.2 Å². The van der Waals surface area contributed by atoms with Crippen molar-refractivity contribution in [3.8, 4) is 5.75 Å². The second-order valence-electron chi connectivity index (χ2n) is 5.79. The van der Waals surface area contributed by atoms with E-state index in [-0.39, 0.29) is 6.10 Å². The van der Waals surface area contributed by atoms with Gasteiger partial charge in [-0.1, -0.05) is 49.4 Å². The van der Waals surface area contributed by atoms with Gasteiger partial charge < -0.3 is 10.1 Å². The van der Waals surface area contributed by atoms with Crippen molar-refractivity contribution in [3.63, 3.8) is 0 Å². The summed E-state index contributed by atoms with van der Waals surface area (Å²) in [5.74, 6) is 1.04. The summed E-state index contributed by atoms with van der Waals surface area (Å²) in [6, 6.07) is 17.5. The average molecular weight is 281 g/mol. The van der Waals surface area contributed by atoms with E-state index in [0.717, 1.165) is 25.1 Å². The van der Waals surface area contributed by atoms with Crippen molar-refractivity contribution in [1.29, 1.82) is 0 Å². The lowest BCUT2D eigenvalue weighted by molar-refractivity contribution is 0.210. The summed E-state index contributed by atoms with van der Waals surface area (Å²) in [7, 11) is 0. The molecule has 110 valence electrons. The van der Waals surface area contributed by atoms with Gasteiger partial charge in [0, 0.05) is 5.56 Å². The Morgan fingerprint density at radius 1 is 1.05 bits per heavy atom. The lowest BCUT2D eigenvalue weighted by Gasteiger charge is -2.16. The largest absolute Gasteiger partial charge is 0.488 e. The molecule has 2 atom stereocenters. The van der Waals surface area contributed by atoms with E-state index >= 15 is 0 Å². The summed E-state index contributed by atoms with van der Waals surface area (Å²) in [5, 5.41) is 3.60. The number of ether oxygens (including phenoxy) is 1. The van der Waals surface area contributed by atoms with Crippen molar-refractivity contribution in [2.24, 2.45) is 0 Å². The van der Waals surface area contributed by atoms with Gasteiger partial charge in [0.15, 0.2) is 0 Å². The monoisotopic (exact) mass is 281 g/mol. The first kappa shape index (κ1) is 14.2. The highest BCUT2D eigenvalue weighted by molar-refractivity contribution is 5.44. The van der Waals surface area contributed by atoms with Gasteiger partial charge in [-0.3, -0.25) is 0 Å². The van der Waals surface area contributed by atoms with E-state index in [2.05, 4.69) is 67.7 Å². The van der Waals surface area contributed by atoms with Crippen molar-refractivity contribution in [2.45, 2.75) is 38.8 Å². The van der Waals surface area contributed by atoms with Gasteiger partial charge in [-0.05, 0) is 43.5 Å². The molecule has 1 aliphatic heterocycles. The first-order valence-electron chi connectivity index (χ1n) is 7.84. The van der Waals surface area contributed by atoms with Crippen LogP contribution in [0.25, 0.3) is 0 Å². The number of nitrogens with one attached hydrogen (secondary N) is 1. The molecule has 0 amide bonds. The molecule has 1 aliphatic rings. The molecule has 2 heteroatoms.